The van der Waals surface area contributed by atoms with Gasteiger partial charge in [-0.2, -0.15) is 0 Å². The standard InChI is InChI=1S/C18H20N4O/c1-17(2)6-5-12-3-4-13(14-8-20-11-21-9-14)7-15(12)18(17)10-23-16(19)22-18/h3-4,7-9,11H,5-6,10H2,1-2H3,(H2,19,22). The Morgan fingerprint density at radius 1 is 1.13 bits per heavy atom. The highest BCUT2D eigenvalue weighted by molar-refractivity contribution is 5.75. The van der Waals surface area contributed by atoms with Gasteiger partial charge in [0.2, 0.25) is 0 Å². The summed E-state index contributed by atoms with van der Waals surface area (Å²) in [6, 6.07) is 6.82. The fourth-order valence-corrected chi connectivity index (χ4v) is 3.74. The predicted molar refractivity (Wildman–Crippen MR) is 88.8 cm³/mol. The largest absolute Gasteiger partial charge is 0.462 e. The minimum Gasteiger partial charge on any atom is -0.462 e. The Kier molecular flexibility index (Phi) is 2.95. The first kappa shape index (κ1) is 14.2. The van der Waals surface area contributed by atoms with Crippen LogP contribution in [0.15, 0.2) is 41.9 Å². The number of benzene rings is 1. The van der Waals surface area contributed by atoms with Gasteiger partial charge in [-0.3, -0.25) is 0 Å². The van der Waals surface area contributed by atoms with Gasteiger partial charge in [-0.25, -0.2) is 15.0 Å². The lowest BCUT2D eigenvalue weighted by molar-refractivity contribution is 0.0990. The van der Waals surface area contributed by atoms with Crippen LogP contribution in [0.5, 0.6) is 0 Å². The molecular formula is C18H20N4O. The molecule has 0 saturated carbocycles. The molecule has 1 aliphatic heterocycles. The maximum absolute atomic E-state index is 5.88. The minimum absolute atomic E-state index is 0.00701. The van der Waals surface area contributed by atoms with Crippen molar-refractivity contribution < 1.29 is 4.74 Å². The molecule has 118 valence electrons. The van der Waals surface area contributed by atoms with Gasteiger partial charge in [-0.1, -0.05) is 26.0 Å². The van der Waals surface area contributed by atoms with Crippen molar-refractivity contribution in [2.24, 2.45) is 16.1 Å². The zero-order valence-corrected chi connectivity index (χ0v) is 13.4. The monoisotopic (exact) mass is 308 g/mol. The van der Waals surface area contributed by atoms with Crippen molar-refractivity contribution in [2.75, 3.05) is 6.61 Å². The number of aryl methyl sites for hydroxylation is 1. The molecule has 1 atom stereocenters. The molecule has 0 saturated heterocycles. The first-order chi connectivity index (χ1) is 11.0. The van der Waals surface area contributed by atoms with Crippen molar-refractivity contribution in [1.82, 2.24) is 9.97 Å². The Morgan fingerprint density at radius 3 is 2.61 bits per heavy atom. The third-order valence-electron chi connectivity index (χ3n) is 5.32. The Balaban J connectivity index is 1.91. The van der Waals surface area contributed by atoms with Gasteiger partial charge in [0.25, 0.3) is 6.02 Å². The van der Waals surface area contributed by atoms with Gasteiger partial charge in [0.15, 0.2) is 0 Å². The van der Waals surface area contributed by atoms with Gasteiger partial charge in [-0.05, 0) is 41.0 Å². The summed E-state index contributed by atoms with van der Waals surface area (Å²) in [5, 5.41) is 0. The van der Waals surface area contributed by atoms with Crippen LogP contribution in [0.3, 0.4) is 0 Å². The van der Waals surface area contributed by atoms with Crippen LogP contribution in [0.25, 0.3) is 11.1 Å². The van der Waals surface area contributed by atoms with Crippen LogP contribution in [-0.2, 0) is 16.7 Å². The number of rotatable bonds is 1. The van der Waals surface area contributed by atoms with Crippen LogP contribution in [-0.4, -0.2) is 22.6 Å². The molecule has 5 heteroatoms. The first-order valence-corrected chi connectivity index (χ1v) is 7.89. The molecule has 2 aliphatic rings. The smallest absolute Gasteiger partial charge is 0.283 e. The topological polar surface area (TPSA) is 73.4 Å². The third-order valence-corrected chi connectivity index (χ3v) is 5.32. The van der Waals surface area contributed by atoms with E-state index in [-0.39, 0.29) is 5.41 Å². The van der Waals surface area contributed by atoms with Crippen LogP contribution in [0.1, 0.15) is 31.4 Å². The second kappa shape index (κ2) is 4.78. The van der Waals surface area contributed by atoms with E-state index in [0.29, 0.717) is 12.6 Å². The molecule has 4 rings (SSSR count). The van der Waals surface area contributed by atoms with E-state index >= 15 is 0 Å². The normalized spacial score (nSPS) is 24.9. The number of hydrogen-bond acceptors (Lipinski definition) is 5. The molecule has 5 nitrogen and oxygen atoms in total. The van der Waals surface area contributed by atoms with E-state index in [1.165, 1.54) is 11.1 Å². The number of ether oxygens (including phenoxy) is 1. The molecular weight excluding hydrogens is 288 g/mol. The van der Waals surface area contributed by atoms with E-state index in [1.807, 2.05) is 12.4 Å². The molecule has 0 amide bonds. The first-order valence-electron chi connectivity index (χ1n) is 7.89. The quantitative estimate of drug-likeness (QED) is 0.879. The van der Waals surface area contributed by atoms with Crippen LogP contribution in [0.4, 0.5) is 0 Å². The number of aliphatic imine (C=N–C) groups is 1. The van der Waals surface area contributed by atoms with Crippen LogP contribution in [0.2, 0.25) is 0 Å². The van der Waals surface area contributed by atoms with Gasteiger partial charge < -0.3 is 10.5 Å². The van der Waals surface area contributed by atoms with Crippen molar-refractivity contribution in [3.05, 3.63) is 48.0 Å². The molecule has 0 fully saturated rings. The molecule has 2 N–H and O–H groups in total. The molecule has 0 radical (unpaired) electrons. The number of aromatic nitrogens is 2. The van der Waals surface area contributed by atoms with E-state index in [9.17, 15) is 0 Å². The lowest BCUT2D eigenvalue weighted by Gasteiger charge is -2.45. The van der Waals surface area contributed by atoms with Crippen LogP contribution < -0.4 is 5.73 Å². The lowest BCUT2D eigenvalue weighted by Crippen LogP contribution is -2.45. The molecule has 1 unspecified atom stereocenters. The summed E-state index contributed by atoms with van der Waals surface area (Å²) in [6.45, 7) is 5.01. The van der Waals surface area contributed by atoms with E-state index in [2.05, 4.69) is 42.0 Å². The Morgan fingerprint density at radius 2 is 1.91 bits per heavy atom. The molecule has 1 spiro atoms. The zero-order valence-electron chi connectivity index (χ0n) is 13.4. The highest BCUT2D eigenvalue weighted by Gasteiger charge is 2.53. The summed E-state index contributed by atoms with van der Waals surface area (Å²) < 4.78 is 5.59. The number of amidine groups is 1. The molecule has 1 aliphatic carbocycles. The Hall–Kier alpha value is -2.43. The van der Waals surface area contributed by atoms with Crippen molar-refractivity contribution >= 4 is 6.02 Å². The average Bonchev–Trinajstić information content (AvgIpc) is 2.96. The summed E-state index contributed by atoms with van der Waals surface area (Å²) in [5.41, 5.74) is 10.1. The van der Waals surface area contributed by atoms with Crippen LogP contribution >= 0.6 is 0 Å². The predicted octanol–water partition coefficient (Wildman–Crippen LogP) is 2.66. The van der Waals surface area contributed by atoms with Gasteiger partial charge in [0, 0.05) is 18.0 Å². The maximum atomic E-state index is 5.88. The molecule has 1 aromatic heterocycles. The van der Waals surface area contributed by atoms with Gasteiger partial charge in [-0.15, -0.1) is 0 Å². The fraction of sp³-hybridized carbons (Fsp3) is 0.389. The van der Waals surface area contributed by atoms with Crippen LogP contribution in [0, 0.1) is 5.41 Å². The lowest BCUT2D eigenvalue weighted by atomic mass is 9.61. The Bertz CT molecular complexity index is 785. The maximum Gasteiger partial charge on any atom is 0.283 e. The summed E-state index contributed by atoms with van der Waals surface area (Å²) >= 11 is 0. The number of hydrogen-bond donors (Lipinski definition) is 1. The minimum atomic E-state index is -0.406. The van der Waals surface area contributed by atoms with Crippen molar-refractivity contribution in [3.63, 3.8) is 0 Å². The summed E-state index contributed by atoms with van der Waals surface area (Å²) in [7, 11) is 0. The van der Waals surface area contributed by atoms with E-state index in [4.69, 9.17) is 15.5 Å². The average molecular weight is 308 g/mol. The van der Waals surface area contributed by atoms with Crippen molar-refractivity contribution in [2.45, 2.75) is 32.2 Å². The Labute approximate surface area is 135 Å². The van der Waals surface area contributed by atoms with E-state index in [1.54, 1.807) is 6.33 Å². The number of nitrogens with two attached hydrogens (primary N) is 1. The molecule has 2 aromatic rings. The fourth-order valence-electron chi connectivity index (χ4n) is 3.74. The highest BCUT2D eigenvalue weighted by atomic mass is 16.5. The number of nitrogens with zero attached hydrogens (tertiary/aromatic N) is 3. The zero-order chi connectivity index (χ0) is 16.1. The second-order valence-corrected chi connectivity index (χ2v) is 6.98. The molecule has 2 heterocycles. The van der Waals surface area contributed by atoms with E-state index in [0.717, 1.165) is 24.0 Å². The summed E-state index contributed by atoms with van der Waals surface area (Å²) in [4.78, 5) is 13.0. The van der Waals surface area contributed by atoms with E-state index < -0.39 is 5.54 Å². The summed E-state index contributed by atoms with van der Waals surface area (Å²) in [6.07, 6.45) is 7.32. The highest BCUT2D eigenvalue weighted by Crippen LogP contribution is 2.53. The SMILES string of the molecule is CC1(C)CCc2ccc(-c3cncnc3)cc2C12COC(N)=N2. The third kappa shape index (κ3) is 2.03. The molecule has 0 bridgehead atoms. The number of fused-ring (bicyclic) bond motifs is 2. The van der Waals surface area contributed by atoms with Crippen molar-refractivity contribution in [1.29, 1.82) is 0 Å². The summed E-state index contributed by atoms with van der Waals surface area (Å²) in [5.74, 6) is 0. The second-order valence-electron chi connectivity index (χ2n) is 6.98. The van der Waals surface area contributed by atoms with Gasteiger partial charge >= 0.3 is 0 Å². The van der Waals surface area contributed by atoms with Gasteiger partial charge in [0.1, 0.15) is 18.5 Å². The molecule has 1 aromatic carbocycles. The van der Waals surface area contributed by atoms with Gasteiger partial charge in [0.05, 0.1) is 0 Å². The van der Waals surface area contributed by atoms with Crippen molar-refractivity contribution in [3.8, 4) is 11.1 Å². The molecule has 23 heavy (non-hydrogen) atoms.